The van der Waals surface area contributed by atoms with Gasteiger partial charge in [0.1, 0.15) is 11.3 Å². The highest BCUT2D eigenvalue weighted by Crippen LogP contribution is 2.59. The molecule has 0 saturated heterocycles. The number of pyridine rings is 1. The molecule has 4 aliphatic carbocycles. The number of aromatic nitrogens is 3. The van der Waals surface area contributed by atoms with E-state index in [1.54, 1.807) is 24.3 Å². The number of hydrogen-bond acceptors (Lipinski definition) is 4. The van der Waals surface area contributed by atoms with Gasteiger partial charge in [0, 0.05) is 17.0 Å². The van der Waals surface area contributed by atoms with Crippen molar-refractivity contribution in [3.63, 3.8) is 0 Å². The summed E-state index contributed by atoms with van der Waals surface area (Å²) in [5.74, 6) is 3.01. The molecular formula is C23H24N4O3. The first kappa shape index (κ1) is 17.7. The van der Waals surface area contributed by atoms with Gasteiger partial charge in [0.15, 0.2) is 0 Å². The molecule has 4 bridgehead atoms. The molecule has 4 fully saturated rings. The molecule has 1 amide bonds. The molecule has 0 spiro atoms. The van der Waals surface area contributed by atoms with Crippen molar-refractivity contribution < 1.29 is 9.90 Å². The van der Waals surface area contributed by atoms with E-state index < -0.39 is 11.5 Å². The smallest absolute Gasteiger partial charge is 0.267 e. The van der Waals surface area contributed by atoms with Crippen LogP contribution in [0.4, 0.5) is 5.95 Å². The predicted molar refractivity (Wildman–Crippen MR) is 113 cm³/mol. The summed E-state index contributed by atoms with van der Waals surface area (Å²) in [4.78, 5) is 35.5. The highest BCUT2D eigenvalue weighted by molar-refractivity contribution is 6.08. The number of carbonyl (C=O) groups is 1. The number of imidazole rings is 1. The van der Waals surface area contributed by atoms with Crippen LogP contribution in [-0.2, 0) is 0 Å². The van der Waals surface area contributed by atoms with Crippen LogP contribution in [0.1, 0.15) is 54.1 Å². The Hall–Kier alpha value is -3.09. The number of H-pyrrole nitrogens is 2. The summed E-state index contributed by atoms with van der Waals surface area (Å²) < 4.78 is 0. The SMILES string of the molecule is O=C(Nc1ncc(C2C3CC4CC(C3)CC2C4)[nH]1)c1c(O)c2ccccc2[nH]c1=O. The number of benzene rings is 1. The summed E-state index contributed by atoms with van der Waals surface area (Å²) in [6.45, 7) is 0. The summed E-state index contributed by atoms with van der Waals surface area (Å²) in [6, 6.07) is 6.84. The largest absolute Gasteiger partial charge is 0.506 e. The molecule has 1 aromatic carbocycles. The molecule has 0 atom stereocenters. The molecule has 4 aliphatic rings. The van der Waals surface area contributed by atoms with Crippen molar-refractivity contribution in [3.8, 4) is 5.75 Å². The van der Waals surface area contributed by atoms with E-state index in [0.29, 0.717) is 34.6 Å². The molecule has 7 heteroatoms. The Morgan fingerprint density at radius 3 is 2.47 bits per heavy atom. The molecule has 2 heterocycles. The normalized spacial score (nSPS) is 29.4. The second-order valence-electron chi connectivity index (χ2n) is 9.32. The zero-order valence-corrected chi connectivity index (χ0v) is 16.5. The first-order chi connectivity index (χ1) is 14.6. The summed E-state index contributed by atoms with van der Waals surface area (Å²) in [7, 11) is 0. The van der Waals surface area contributed by atoms with Gasteiger partial charge in [-0.25, -0.2) is 4.98 Å². The van der Waals surface area contributed by atoms with E-state index in [0.717, 1.165) is 17.5 Å². The molecule has 154 valence electrons. The van der Waals surface area contributed by atoms with Crippen LogP contribution in [0.3, 0.4) is 0 Å². The van der Waals surface area contributed by atoms with Crippen LogP contribution in [0.5, 0.6) is 5.75 Å². The minimum absolute atomic E-state index is 0.304. The fourth-order valence-corrected chi connectivity index (χ4v) is 6.61. The predicted octanol–water partition coefficient (Wildman–Crippen LogP) is 3.75. The zero-order valence-electron chi connectivity index (χ0n) is 16.5. The van der Waals surface area contributed by atoms with Crippen molar-refractivity contribution in [1.82, 2.24) is 15.0 Å². The molecule has 4 saturated carbocycles. The van der Waals surface area contributed by atoms with E-state index in [1.807, 2.05) is 6.20 Å². The van der Waals surface area contributed by atoms with Gasteiger partial charge in [0.25, 0.3) is 11.5 Å². The van der Waals surface area contributed by atoms with Crippen molar-refractivity contribution in [2.45, 2.75) is 38.0 Å². The lowest BCUT2D eigenvalue weighted by atomic mass is 9.51. The third-order valence-electron chi connectivity index (χ3n) is 7.53. The quantitative estimate of drug-likeness (QED) is 0.533. The Morgan fingerprint density at radius 1 is 1.03 bits per heavy atom. The fourth-order valence-electron chi connectivity index (χ4n) is 6.61. The van der Waals surface area contributed by atoms with Gasteiger partial charge in [-0.2, -0.15) is 0 Å². The van der Waals surface area contributed by atoms with E-state index in [2.05, 4.69) is 20.3 Å². The molecule has 0 aliphatic heterocycles. The number of carbonyl (C=O) groups excluding carboxylic acids is 1. The van der Waals surface area contributed by atoms with Crippen molar-refractivity contribution in [2.75, 3.05) is 5.32 Å². The Morgan fingerprint density at radius 2 is 1.73 bits per heavy atom. The average Bonchev–Trinajstić information content (AvgIpc) is 3.15. The van der Waals surface area contributed by atoms with Crippen LogP contribution in [-0.4, -0.2) is 26.0 Å². The third-order valence-corrected chi connectivity index (χ3v) is 7.53. The molecule has 0 unspecified atom stereocenters. The third kappa shape index (κ3) is 2.68. The molecule has 2 aromatic heterocycles. The fraction of sp³-hybridized carbons (Fsp3) is 0.435. The number of hydrogen-bond donors (Lipinski definition) is 4. The average molecular weight is 404 g/mol. The van der Waals surface area contributed by atoms with Crippen LogP contribution in [0.15, 0.2) is 35.3 Å². The molecule has 7 rings (SSSR count). The van der Waals surface area contributed by atoms with Crippen LogP contribution >= 0.6 is 0 Å². The number of para-hydroxylation sites is 1. The lowest BCUT2D eigenvalue weighted by Crippen LogP contribution is -2.43. The number of nitrogens with one attached hydrogen (secondary N) is 3. The second kappa shape index (κ2) is 6.45. The van der Waals surface area contributed by atoms with Crippen molar-refractivity contribution in [2.24, 2.45) is 23.7 Å². The maximum absolute atomic E-state index is 12.8. The lowest BCUT2D eigenvalue weighted by molar-refractivity contribution is -0.00400. The number of rotatable bonds is 3. The summed E-state index contributed by atoms with van der Waals surface area (Å²) in [5, 5.41) is 13.6. The van der Waals surface area contributed by atoms with E-state index in [1.165, 1.54) is 32.1 Å². The number of anilines is 1. The molecule has 7 nitrogen and oxygen atoms in total. The van der Waals surface area contributed by atoms with E-state index in [-0.39, 0.29) is 11.3 Å². The molecule has 0 radical (unpaired) electrons. The molecular weight excluding hydrogens is 380 g/mol. The minimum Gasteiger partial charge on any atom is -0.506 e. The first-order valence-corrected chi connectivity index (χ1v) is 10.8. The standard InChI is InChI=1S/C23H24N4O3/c28-20-15-3-1-2-4-16(15)25-21(29)19(20)22(30)27-23-24-10-17(26-23)18-13-6-11-5-12(8-13)9-14(18)7-11/h1-4,10-14,18H,5-9H2,(H2,25,28,29)(H2,24,26,27,30). The van der Waals surface area contributed by atoms with Gasteiger partial charge in [-0.1, -0.05) is 12.1 Å². The van der Waals surface area contributed by atoms with Gasteiger partial charge in [0.2, 0.25) is 5.95 Å². The summed E-state index contributed by atoms with van der Waals surface area (Å²) in [6.07, 6.45) is 8.45. The summed E-state index contributed by atoms with van der Waals surface area (Å²) >= 11 is 0. The van der Waals surface area contributed by atoms with Gasteiger partial charge in [-0.3, -0.25) is 14.9 Å². The second-order valence-corrected chi connectivity index (χ2v) is 9.32. The Kier molecular flexibility index (Phi) is 3.82. The van der Waals surface area contributed by atoms with E-state index in [4.69, 9.17) is 0 Å². The van der Waals surface area contributed by atoms with Crippen LogP contribution in [0.25, 0.3) is 10.9 Å². The van der Waals surface area contributed by atoms with E-state index in [9.17, 15) is 14.7 Å². The maximum atomic E-state index is 12.8. The maximum Gasteiger partial charge on any atom is 0.267 e. The topological polar surface area (TPSA) is 111 Å². The first-order valence-electron chi connectivity index (χ1n) is 10.8. The number of aromatic hydroxyl groups is 1. The monoisotopic (exact) mass is 404 g/mol. The number of aromatic amines is 2. The van der Waals surface area contributed by atoms with Crippen LogP contribution in [0, 0.1) is 23.7 Å². The van der Waals surface area contributed by atoms with Gasteiger partial charge in [-0.15, -0.1) is 0 Å². The van der Waals surface area contributed by atoms with Crippen molar-refractivity contribution in [3.05, 3.63) is 52.1 Å². The Labute approximate surface area is 172 Å². The van der Waals surface area contributed by atoms with E-state index >= 15 is 0 Å². The lowest BCUT2D eigenvalue weighted by Gasteiger charge is -2.54. The highest BCUT2D eigenvalue weighted by Gasteiger charge is 2.49. The Bertz CT molecular complexity index is 1180. The van der Waals surface area contributed by atoms with Gasteiger partial charge in [0.05, 0.1) is 11.7 Å². The van der Waals surface area contributed by atoms with Gasteiger partial charge in [-0.05, 0) is 67.9 Å². The van der Waals surface area contributed by atoms with Gasteiger partial charge >= 0.3 is 0 Å². The molecule has 4 N–H and O–H groups in total. The zero-order chi connectivity index (χ0) is 20.4. The highest BCUT2D eigenvalue weighted by atomic mass is 16.3. The Balaban J connectivity index is 1.27. The molecule has 3 aromatic rings. The minimum atomic E-state index is -0.675. The van der Waals surface area contributed by atoms with Gasteiger partial charge < -0.3 is 15.1 Å². The van der Waals surface area contributed by atoms with Crippen molar-refractivity contribution >= 4 is 22.8 Å². The number of fused-ring (bicyclic) bond motifs is 1. The van der Waals surface area contributed by atoms with Crippen LogP contribution in [0.2, 0.25) is 0 Å². The summed E-state index contributed by atoms with van der Waals surface area (Å²) in [5.41, 5.74) is 0.632. The molecule has 30 heavy (non-hydrogen) atoms. The number of amides is 1. The van der Waals surface area contributed by atoms with Crippen molar-refractivity contribution in [1.29, 1.82) is 0 Å². The number of nitrogens with zero attached hydrogens (tertiary/aromatic N) is 1. The van der Waals surface area contributed by atoms with Crippen LogP contribution < -0.4 is 10.9 Å².